The highest BCUT2D eigenvalue weighted by Gasteiger charge is 2.32. The van der Waals surface area contributed by atoms with Gasteiger partial charge in [-0.1, -0.05) is 43.2 Å². The summed E-state index contributed by atoms with van der Waals surface area (Å²) in [6.07, 6.45) is 15.4. The van der Waals surface area contributed by atoms with E-state index in [0.717, 1.165) is 42.6 Å². The second-order valence-corrected chi connectivity index (χ2v) is 9.01. The van der Waals surface area contributed by atoms with E-state index in [2.05, 4.69) is 6.08 Å². The Morgan fingerprint density at radius 3 is 2.03 bits per heavy atom. The van der Waals surface area contributed by atoms with E-state index in [1.807, 2.05) is 12.1 Å². The zero-order chi connectivity index (χ0) is 21.4. The van der Waals surface area contributed by atoms with Gasteiger partial charge >= 0.3 is 6.18 Å². The molecule has 2 fully saturated rings. The number of rotatable bonds is 6. The lowest BCUT2D eigenvalue weighted by molar-refractivity contribution is -0.137. The Bertz CT molecular complexity index is 738. The number of alkyl halides is 3. The molecule has 162 valence electrons. The minimum absolute atomic E-state index is 0.418. The smallest absolute Gasteiger partial charge is 0.193 e. The van der Waals surface area contributed by atoms with Crippen LogP contribution >= 0.6 is 0 Å². The van der Waals surface area contributed by atoms with Crippen molar-refractivity contribution in [1.29, 1.82) is 5.26 Å². The van der Waals surface area contributed by atoms with E-state index in [4.69, 9.17) is 5.26 Å². The van der Waals surface area contributed by atoms with E-state index < -0.39 is 11.7 Å². The third kappa shape index (κ3) is 6.49. The first kappa shape index (κ1) is 22.7. The summed E-state index contributed by atoms with van der Waals surface area (Å²) in [7, 11) is 0. The molecule has 0 aliphatic heterocycles. The number of hydrogen-bond acceptors (Lipinski definition) is 1. The summed E-state index contributed by atoms with van der Waals surface area (Å²) >= 11 is 0. The van der Waals surface area contributed by atoms with Crippen LogP contribution in [0.4, 0.5) is 13.2 Å². The SMILES string of the molecule is N#C/C=C/C=C/CCC1CCC([C@H]2CC[C@H](c3ccc(C(F)(F)F)cc3)CC2)CC1. The highest BCUT2D eigenvalue weighted by Crippen LogP contribution is 2.44. The van der Waals surface area contributed by atoms with Crippen LogP contribution in [0.25, 0.3) is 0 Å². The first-order valence-corrected chi connectivity index (χ1v) is 11.4. The summed E-state index contributed by atoms with van der Waals surface area (Å²) in [5, 5.41) is 8.46. The molecule has 2 saturated carbocycles. The summed E-state index contributed by atoms with van der Waals surface area (Å²) in [4.78, 5) is 0. The van der Waals surface area contributed by atoms with Crippen LogP contribution in [0.1, 0.15) is 81.3 Å². The van der Waals surface area contributed by atoms with Gasteiger partial charge in [-0.25, -0.2) is 0 Å². The van der Waals surface area contributed by atoms with Gasteiger partial charge in [-0.3, -0.25) is 0 Å². The maximum Gasteiger partial charge on any atom is 0.416 e. The van der Waals surface area contributed by atoms with E-state index >= 15 is 0 Å². The predicted molar refractivity (Wildman–Crippen MR) is 115 cm³/mol. The second-order valence-electron chi connectivity index (χ2n) is 9.01. The van der Waals surface area contributed by atoms with Crippen molar-refractivity contribution in [2.24, 2.45) is 17.8 Å². The quantitative estimate of drug-likeness (QED) is 0.339. The van der Waals surface area contributed by atoms with Crippen molar-refractivity contribution in [1.82, 2.24) is 0 Å². The number of benzene rings is 1. The molecule has 1 aromatic carbocycles. The van der Waals surface area contributed by atoms with E-state index in [0.29, 0.717) is 5.92 Å². The molecule has 0 amide bonds. The monoisotopic (exact) mass is 415 g/mol. The van der Waals surface area contributed by atoms with Crippen molar-refractivity contribution >= 4 is 0 Å². The fourth-order valence-corrected chi connectivity index (χ4v) is 5.42. The van der Waals surface area contributed by atoms with Crippen LogP contribution in [0.15, 0.2) is 48.6 Å². The summed E-state index contributed by atoms with van der Waals surface area (Å²) in [6.45, 7) is 0. The van der Waals surface area contributed by atoms with Gasteiger partial charge in [0.2, 0.25) is 0 Å². The zero-order valence-corrected chi connectivity index (χ0v) is 17.6. The standard InChI is InChI=1S/C26H32F3N/c27-26(28,29)25-17-15-24(16-18-25)23-13-11-22(12-14-23)21-9-7-20(8-10-21)6-4-2-1-3-5-19-30/h1-3,5,15-18,20-23H,4,6-14H2/b2-1+,5-3+/t20?,21?,22-,23-. The largest absolute Gasteiger partial charge is 0.416 e. The molecular formula is C26H32F3N. The Morgan fingerprint density at radius 1 is 0.867 bits per heavy atom. The summed E-state index contributed by atoms with van der Waals surface area (Å²) in [5.41, 5.74) is 0.522. The first-order valence-electron chi connectivity index (χ1n) is 11.4. The molecule has 0 heterocycles. The lowest BCUT2D eigenvalue weighted by atomic mass is 9.68. The predicted octanol–water partition coefficient (Wildman–Crippen LogP) is 8.20. The van der Waals surface area contributed by atoms with Gasteiger partial charge in [-0.2, -0.15) is 18.4 Å². The number of allylic oxidation sites excluding steroid dienone is 4. The number of hydrogen-bond donors (Lipinski definition) is 0. The maximum absolute atomic E-state index is 12.8. The highest BCUT2D eigenvalue weighted by atomic mass is 19.4. The minimum atomic E-state index is -4.25. The molecule has 2 aliphatic rings. The average Bonchev–Trinajstić information content (AvgIpc) is 2.76. The summed E-state index contributed by atoms with van der Waals surface area (Å²) in [5.74, 6) is 2.88. The van der Waals surface area contributed by atoms with Crippen LogP contribution in [0, 0.1) is 29.1 Å². The van der Waals surface area contributed by atoms with Crippen LogP contribution in [0.2, 0.25) is 0 Å². The van der Waals surface area contributed by atoms with Crippen molar-refractivity contribution < 1.29 is 13.2 Å². The first-order chi connectivity index (χ1) is 14.5. The van der Waals surface area contributed by atoms with Gasteiger partial charge in [0.1, 0.15) is 0 Å². The van der Waals surface area contributed by atoms with Crippen molar-refractivity contribution in [3.63, 3.8) is 0 Å². The van der Waals surface area contributed by atoms with Gasteiger partial charge in [-0.05, 0) is 92.7 Å². The van der Waals surface area contributed by atoms with Crippen LogP contribution in [0.5, 0.6) is 0 Å². The lowest BCUT2D eigenvalue weighted by Crippen LogP contribution is -2.25. The molecule has 1 nitrogen and oxygen atoms in total. The third-order valence-corrected chi connectivity index (χ3v) is 7.20. The third-order valence-electron chi connectivity index (χ3n) is 7.20. The van der Waals surface area contributed by atoms with Crippen molar-refractivity contribution in [3.05, 3.63) is 59.7 Å². The molecular weight excluding hydrogens is 383 g/mol. The summed E-state index contributed by atoms with van der Waals surface area (Å²) < 4.78 is 38.3. The molecule has 0 atom stereocenters. The molecule has 30 heavy (non-hydrogen) atoms. The number of nitrogens with zero attached hydrogens (tertiary/aromatic N) is 1. The Kier molecular flexibility index (Phi) is 8.19. The molecule has 0 radical (unpaired) electrons. The van der Waals surface area contributed by atoms with Crippen LogP contribution in [0.3, 0.4) is 0 Å². The molecule has 2 aliphatic carbocycles. The van der Waals surface area contributed by atoms with Crippen molar-refractivity contribution in [3.8, 4) is 6.07 Å². The fraction of sp³-hybridized carbons (Fsp3) is 0.577. The summed E-state index contributed by atoms with van der Waals surface area (Å²) in [6, 6.07) is 7.83. The van der Waals surface area contributed by atoms with Crippen molar-refractivity contribution in [2.45, 2.75) is 76.3 Å². The van der Waals surface area contributed by atoms with Gasteiger partial charge in [0.15, 0.2) is 0 Å². The number of halogens is 3. The average molecular weight is 416 g/mol. The topological polar surface area (TPSA) is 23.8 Å². The molecule has 1 aromatic rings. The van der Waals surface area contributed by atoms with Crippen LogP contribution < -0.4 is 0 Å². The molecule has 0 N–H and O–H groups in total. The number of nitriles is 1. The second kappa shape index (κ2) is 10.8. The fourth-order valence-electron chi connectivity index (χ4n) is 5.42. The van der Waals surface area contributed by atoms with E-state index in [-0.39, 0.29) is 0 Å². The Morgan fingerprint density at radius 2 is 1.47 bits per heavy atom. The Hall–Kier alpha value is -2.02. The molecule has 3 rings (SSSR count). The van der Waals surface area contributed by atoms with Crippen LogP contribution in [-0.4, -0.2) is 0 Å². The lowest BCUT2D eigenvalue weighted by Gasteiger charge is -2.38. The molecule has 0 bridgehead atoms. The molecule has 0 aromatic heterocycles. The molecule has 0 saturated heterocycles. The van der Waals surface area contributed by atoms with Gasteiger partial charge < -0.3 is 0 Å². The highest BCUT2D eigenvalue weighted by molar-refractivity contribution is 5.27. The van der Waals surface area contributed by atoms with Gasteiger partial charge in [0.25, 0.3) is 0 Å². The van der Waals surface area contributed by atoms with E-state index in [9.17, 15) is 13.2 Å². The van der Waals surface area contributed by atoms with Gasteiger partial charge in [0.05, 0.1) is 11.6 Å². The minimum Gasteiger partial charge on any atom is -0.193 e. The molecule has 0 unspecified atom stereocenters. The maximum atomic E-state index is 12.8. The van der Waals surface area contributed by atoms with Gasteiger partial charge in [0, 0.05) is 6.08 Å². The molecule has 4 heteroatoms. The van der Waals surface area contributed by atoms with E-state index in [1.165, 1.54) is 63.2 Å². The van der Waals surface area contributed by atoms with Crippen molar-refractivity contribution in [2.75, 3.05) is 0 Å². The normalized spacial score (nSPS) is 28.1. The van der Waals surface area contributed by atoms with E-state index in [1.54, 1.807) is 18.2 Å². The van der Waals surface area contributed by atoms with Crippen LogP contribution in [-0.2, 0) is 6.18 Å². The Labute approximate surface area is 178 Å². The molecule has 0 spiro atoms. The van der Waals surface area contributed by atoms with Gasteiger partial charge in [-0.15, -0.1) is 0 Å². The zero-order valence-electron chi connectivity index (χ0n) is 17.6. The Balaban J connectivity index is 1.38.